The second-order valence-electron chi connectivity index (χ2n) is 4.47. The number of nitrogens with zero attached hydrogens (tertiary/aromatic N) is 2. The van der Waals surface area contributed by atoms with Gasteiger partial charge in [0.25, 0.3) is 0 Å². The maximum atomic E-state index is 12.9. The van der Waals surface area contributed by atoms with Crippen molar-refractivity contribution >= 4 is 0 Å². The van der Waals surface area contributed by atoms with E-state index in [4.69, 9.17) is 5.26 Å². The number of benzene rings is 1. The van der Waals surface area contributed by atoms with E-state index in [1.165, 1.54) is 12.1 Å². The summed E-state index contributed by atoms with van der Waals surface area (Å²) >= 11 is 0. The summed E-state index contributed by atoms with van der Waals surface area (Å²) in [6, 6.07) is 8.82. The molecular weight excluding hydrogens is 203 g/mol. The number of hydrogen-bond donors (Lipinski definition) is 0. The van der Waals surface area contributed by atoms with E-state index >= 15 is 0 Å². The number of halogens is 1. The lowest BCUT2D eigenvalue weighted by Crippen LogP contribution is -2.40. The zero-order chi connectivity index (χ0) is 12.2. The monoisotopic (exact) mass is 220 g/mol. The highest BCUT2D eigenvalue weighted by Crippen LogP contribution is 2.12. The van der Waals surface area contributed by atoms with Gasteiger partial charge in [0.1, 0.15) is 11.4 Å². The molecule has 0 N–H and O–H groups in total. The largest absolute Gasteiger partial charge is 0.289 e. The molecule has 0 unspecified atom stereocenters. The molecule has 1 aromatic carbocycles. The summed E-state index contributed by atoms with van der Waals surface area (Å²) in [6.07, 6.45) is 0.749. The van der Waals surface area contributed by atoms with E-state index in [0.29, 0.717) is 0 Å². The quantitative estimate of drug-likeness (QED) is 0.780. The van der Waals surface area contributed by atoms with Crippen molar-refractivity contribution in [2.24, 2.45) is 0 Å². The topological polar surface area (TPSA) is 27.0 Å². The van der Waals surface area contributed by atoms with Crippen LogP contribution in [0.3, 0.4) is 0 Å². The Morgan fingerprint density at radius 2 is 2.12 bits per heavy atom. The average molecular weight is 220 g/mol. The van der Waals surface area contributed by atoms with Gasteiger partial charge in [0.05, 0.1) is 6.07 Å². The molecule has 0 spiro atoms. The van der Waals surface area contributed by atoms with Crippen LogP contribution in [0.4, 0.5) is 4.39 Å². The number of hydrogen-bond acceptors (Lipinski definition) is 2. The minimum Gasteiger partial charge on any atom is -0.289 e. The molecule has 0 aliphatic rings. The Labute approximate surface area is 96.3 Å². The molecule has 1 aromatic rings. The third-order valence-electron chi connectivity index (χ3n) is 2.85. The summed E-state index contributed by atoms with van der Waals surface area (Å²) in [5.41, 5.74) is 0.480. The summed E-state index contributed by atoms with van der Waals surface area (Å²) < 4.78 is 12.9. The van der Waals surface area contributed by atoms with E-state index in [2.05, 4.69) is 6.07 Å². The Kier molecular flexibility index (Phi) is 4.03. The Morgan fingerprint density at radius 3 is 2.69 bits per heavy atom. The van der Waals surface area contributed by atoms with Crippen LogP contribution in [0, 0.1) is 17.1 Å². The SMILES string of the molecule is CN(CCc1cccc(F)c1)C(C)(C)C#N. The van der Waals surface area contributed by atoms with Crippen LogP contribution in [-0.4, -0.2) is 24.0 Å². The Morgan fingerprint density at radius 1 is 1.44 bits per heavy atom. The van der Waals surface area contributed by atoms with E-state index in [1.807, 2.05) is 31.9 Å². The van der Waals surface area contributed by atoms with Gasteiger partial charge in [-0.3, -0.25) is 4.90 Å². The molecule has 16 heavy (non-hydrogen) atoms. The molecule has 0 aliphatic heterocycles. The molecule has 0 aliphatic carbocycles. The van der Waals surface area contributed by atoms with Crippen molar-refractivity contribution < 1.29 is 4.39 Å². The summed E-state index contributed by atoms with van der Waals surface area (Å²) in [5.74, 6) is -0.209. The summed E-state index contributed by atoms with van der Waals surface area (Å²) in [5, 5.41) is 8.95. The molecule has 3 heteroatoms. The molecular formula is C13H17FN2. The van der Waals surface area contributed by atoms with Crippen LogP contribution in [-0.2, 0) is 6.42 Å². The molecule has 2 nitrogen and oxygen atoms in total. The highest BCUT2D eigenvalue weighted by molar-refractivity contribution is 5.16. The van der Waals surface area contributed by atoms with Crippen molar-refractivity contribution in [2.45, 2.75) is 25.8 Å². The molecule has 1 rings (SSSR count). The van der Waals surface area contributed by atoms with Crippen LogP contribution in [0.15, 0.2) is 24.3 Å². The first-order chi connectivity index (χ1) is 7.45. The van der Waals surface area contributed by atoms with Gasteiger partial charge in [0.15, 0.2) is 0 Å². The highest BCUT2D eigenvalue weighted by atomic mass is 19.1. The van der Waals surface area contributed by atoms with Crippen LogP contribution >= 0.6 is 0 Å². The average Bonchev–Trinajstić information content (AvgIpc) is 2.26. The molecule has 0 amide bonds. The first-order valence-corrected chi connectivity index (χ1v) is 5.32. The molecule has 0 saturated heterocycles. The van der Waals surface area contributed by atoms with Crippen LogP contribution in [0.1, 0.15) is 19.4 Å². The van der Waals surface area contributed by atoms with Crippen molar-refractivity contribution in [3.05, 3.63) is 35.6 Å². The normalized spacial score (nSPS) is 11.5. The van der Waals surface area contributed by atoms with Gasteiger partial charge in [0.2, 0.25) is 0 Å². The van der Waals surface area contributed by atoms with Gasteiger partial charge in [-0.25, -0.2) is 4.39 Å². The Bertz CT molecular complexity index is 393. The molecule has 0 aromatic heterocycles. The van der Waals surface area contributed by atoms with E-state index < -0.39 is 5.54 Å². The lowest BCUT2D eigenvalue weighted by atomic mass is 10.0. The van der Waals surface area contributed by atoms with Gasteiger partial charge in [-0.1, -0.05) is 12.1 Å². The number of rotatable bonds is 4. The van der Waals surface area contributed by atoms with Gasteiger partial charge in [-0.2, -0.15) is 5.26 Å². The minimum atomic E-state index is -0.479. The highest BCUT2D eigenvalue weighted by Gasteiger charge is 2.21. The molecule has 0 saturated carbocycles. The maximum Gasteiger partial charge on any atom is 0.123 e. The van der Waals surface area contributed by atoms with Crippen molar-refractivity contribution in [1.29, 1.82) is 5.26 Å². The van der Waals surface area contributed by atoms with Gasteiger partial charge in [0, 0.05) is 6.54 Å². The molecule has 0 bridgehead atoms. The fraction of sp³-hybridized carbons (Fsp3) is 0.462. The lowest BCUT2D eigenvalue weighted by Gasteiger charge is -2.28. The third kappa shape index (κ3) is 3.32. The maximum absolute atomic E-state index is 12.9. The molecule has 0 fully saturated rings. The molecule has 0 atom stereocenters. The van der Waals surface area contributed by atoms with Crippen LogP contribution in [0.25, 0.3) is 0 Å². The Hall–Kier alpha value is -1.40. The predicted octanol–water partition coefficient (Wildman–Crippen LogP) is 2.60. The second-order valence-corrected chi connectivity index (χ2v) is 4.47. The van der Waals surface area contributed by atoms with Gasteiger partial charge >= 0.3 is 0 Å². The van der Waals surface area contributed by atoms with Crippen molar-refractivity contribution in [1.82, 2.24) is 4.90 Å². The van der Waals surface area contributed by atoms with E-state index in [1.54, 1.807) is 6.07 Å². The summed E-state index contributed by atoms with van der Waals surface area (Å²) in [7, 11) is 1.91. The second kappa shape index (κ2) is 5.09. The molecule has 0 radical (unpaired) electrons. The van der Waals surface area contributed by atoms with Crippen molar-refractivity contribution in [3.63, 3.8) is 0 Å². The van der Waals surface area contributed by atoms with E-state index in [9.17, 15) is 4.39 Å². The van der Waals surface area contributed by atoms with Gasteiger partial charge in [-0.15, -0.1) is 0 Å². The fourth-order valence-corrected chi connectivity index (χ4v) is 1.35. The molecule has 86 valence electrons. The van der Waals surface area contributed by atoms with Crippen molar-refractivity contribution in [2.75, 3.05) is 13.6 Å². The third-order valence-corrected chi connectivity index (χ3v) is 2.85. The zero-order valence-electron chi connectivity index (χ0n) is 10.00. The smallest absolute Gasteiger partial charge is 0.123 e. The minimum absolute atomic E-state index is 0.209. The van der Waals surface area contributed by atoms with Gasteiger partial charge < -0.3 is 0 Å². The van der Waals surface area contributed by atoms with Crippen LogP contribution in [0.2, 0.25) is 0 Å². The van der Waals surface area contributed by atoms with Crippen molar-refractivity contribution in [3.8, 4) is 6.07 Å². The predicted molar refractivity (Wildman–Crippen MR) is 62.4 cm³/mol. The van der Waals surface area contributed by atoms with Gasteiger partial charge in [-0.05, 0) is 45.0 Å². The lowest BCUT2D eigenvalue weighted by molar-refractivity contribution is 0.214. The number of likely N-dealkylation sites (N-methyl/N-ethyl adjacent to an activating group) is 1. The summed E-state index contributed by atoms with van der Waals surface area (Å²) in [6.45, 7) is 4.49. The van der Waals surface area contributed by atoms with Crippen LogP contribution in [0.5, 0.6) is 0 Å². The zero-order valence-corrected chi connectivity index (χ0v) is 10.00. The first-order valence-electron chi connectivity index (χ1n) is 5.32. The van der Waals surface area contributed by atoms with E-state index in [0.717, 1.165) is 18.5 Å². The Balaban J connectivity index is 2.56. The standard InChI is InChI=1S/C13H17FN2/c1-13(2,10-15)16(3)8-7-11-5-4-6-12(14)9-11/h4-6,9H,7-8H2,1-3H3. The van der Waals surface area contributed by atoms with E-state index in [-0.39, 0.29) is 5.82 Å². The fourth-order valence-electron chi connectivity index (χ4n) is 1.35. The summed E-state index contributed by atoms with van der Waals surface area (Å²) in [4.78, 5) is 1.97. The molecule has 0 heterocycles. The van der Waals surface area contributed by atoms with Crippen LogP contribution < -0.4 is 0 Å². The first kappa shape index (κ1) is 12.7. The number of nitriles is 1.